The molecule has 34 heavy (non-hydrogen) atoms. The summed E-state index contributed by atoms with van der Waals surface area (Å²) in [7, 11) is -5.70. The Morgan fingerprint density at radius 1 is 1.12 bits per heavy atom. The van der Waals surface area contributed by atoms with Crippen LogP contribution in [-0.2, 0) is 27.9 Å². The van der Waals surface area contributed by atoms with Crippen molar-refractivity contribution in [1.29, 1.82) is 0 Å². The predicted molar refractivity (Wildman–Crippen MR) is 123 cm³/mol. The average molecular weight is 498 g/mol. The van der Waals surface area contributed by atoms with E-state index < -0.39 is 15.6 Å². The molecule has 1 aliphatic rings. The number of carbonyl (C=O) groups is 1. The first kappa shape index (κ1) is 25.6. The van der Waals surface area contributed by atoms with Gasteiger partial charge in [0, 0.05) is 31.4 Å². The lowest BCUT2D eigenvalue weighted by atomic mass is 9.99. The fourth-order valence-corrected chi connectivity index (χ4v) is 3.97. The molecule has 3 rings (SSSR count). The smallest absolute Gasteiger partial charge is 0.399 e. The molecule has 2 aromatic rings. The zero-order chi connectivity index (χ0) is 24.8. The Morgan fingerprint density at radius 3 is 2.56 bits per heavy atom. The summed E-state index contributed by atoms with van der Waals surface area (Å²) < 4.78 is 64.4. The first-order valence-electron chi connectivity index (χ1n) is 10.7. The van der Waals surface area contributed by atoms with Crippen LogP contribution in [0.1, 0.15) is 29.5 Å². The summed E-state index contributed by atoms with van der Waals surface area (Å²) in [5, 5.41) is 2.82. The maximum Gasteiger partial charge on any atom is 0.534 e. The molecule has 2 aromatic carbocycles. The van der Waals surface area contributed by atoms with Crippen LogP contribution in [0.15, 0.2) is 48.5 Å². The zero-order valence-electron chi connectivity index (χ0n) is 18.3. The van der Waals surface area contributed by atoms with Gasteiger partial charge in [-0.3, -0.25) is 9.69 Å². The minimum Gasteiger partial charge on any atom is -0.399 e. The van der Waals surface area contributed by atoms with Crippen LogP contribution in [0.2, 0.25) is 0 Å². The summed E-state index contributed by atoms with van der Waals surface area (Å²) in [6, 6.07) is 11.3. The third-order valence-corrected chi connectivity index (χ3v) is 6.30. The summed E-state index contributed by atoms with van der Waals surface area (Å²) in [5.74, 6) is -0.544. The van der Waals surface area contributed by atoms with Gasteiger partial charge in [0.05, 0.1) is 0 Å². The molecule has 0 aliphatic carbocycles. The van der Waals surface area contributed by atoms with Gasteiger partial charge in [0.2, 0.25) is 5.91 Å². The molecule has 0 saturated carbocycles. The highest BCUT2D eigenvalue weighted by molar-refractivity contribution is 7.88. The Kier molecular flexibility index (Phi) is 8.21. The monoisotopic (exact) mass is 497 g/mol. The number of fused-ring (bicyclic) bond motifs is 1. The van der Waals surface area contributed by atoms with Gasteiger partial charge in [0.1, 0.15) is 5.75 Å². The second-order valence-corrected chi connectivity index (χ2v) is 9.48. The SMILES string of the molecule is Nc1ccc(C=CC(=O)NCCCCN2CCc3ccc(OS(=O)(=O)C(F)(F)F)cc3C2)cc1. The van der Waals surface area contributed by atoms with Crippen molar-refractivity contribution >= 4 is 27.8 Å². The second kappa shape index (κ2) is 10.9. The number of benzene rings is 2. The quantitative estimate of drug-likeness (QED) is 0.181. The third kappa shape index (κ3) is 7.22. The van der Waals surface area contributed by atoms with Gasteiger partial charge in [-0.25, -0.2) is 0 Å². The highest BCUT2D eigenvalue weighted by Crippen LogP contribution is 2.29. The van der Waals surface area contributed by atoms with E-state index in [0.717, 1.165) is 42.6 Å². The number of halogens is 3. The van der Waals surface area contributed by atoms with Crippen molar-refractivity contribution in [2.45, 2.75) is 31.3 Å². The third-order valence-electron chi connectivity index (χ3n) is 5.32. The van der Waals surface area contributed by atoms with Gasteiger partial charge in [0.15, 0.2) is 0 Å². The number of carbonyl (C=O) groups excluding carboxylic acids is 1. The highest BCUT2D eigenvalue weighted by atomic mass is 32.2. The normalized spacial score (nSPS) is 14.7. The van der Waals surface area contributed by atoms with Crippen molar-refractivity contribution in [2.75, 3.05) is 25.4 Å². The fourth-order valence-electron chi connectivity index (χ4n) is 3.52. The van der Waals surface area contributed by atoms with Crippen molar-refractivity contribution in [3.63, 3.8) is 0 Å². The van der Waals surface area contributed by atoms with Crippen molar-refractivity contribution in [1.82, 2.24) is 10.2 Å². The molecule has 1 heterocycles. The van der Waals surface area contributed by atoms with E-state index in [4.69, 9.17) is 5.73 Å². The Labute approximate surface area is 196 Å². The van der Waals surface area contributed by atoms with Crippen molar-refractivity contribution < 1.29 is 30.6 Å². The lowest BCUT2D eigenvalue weighted by Gasteiger charge is -2.29. The predicted octanol–water partition coefficient (Wildman–Crippen LogP) is 3.47. The van der Waals surface area contributed by atoms with E-state index in [1.807, 2.05) is 12.1 Å². The number of hydrogen-bond donors (Lipinski definition) is 2. The second-order valence-electron chi connectivity index (χ2n) is 7.94. The maximum atomic E-state index is 12.6. The Bertz CT molecular complexity index is 1130. The van der Waals surface area contributed by atoms with Crippen LogP contribution in [-0.4, -0.2) is 44.4 Å². The summed E-state index contributed by atoms with van der Waals surface area (Å²) in [5.41, 5.74) is 3.37. The van der Waals surface area contributed by atoms with Crippen LogP contribution in [0.3, 0.4) is 0 Å². The molecule has 0 unspecified atom stereocenters. The topological polar surface area (TPSA) is 102 Å². The van der Waals surface area contributed by atoms with Crippen molar-refractivity contribution in [3.8, 4) is 5.75 Å². The van der Waals surface area contributed by atoms with E-state index in [0.29, 0.717) is 25.2 Å². The molecule has 0 spiro atoms. The minimum atomic E-state index is -5.70. The standard InChI is InChI=1S/C23H26F3N3O4S/c24-23(25,26)34(31,32)33-21-9-6-18-11-14-29(16-19(18)15-21)13-2-1-12-28-22(30)10-5-17-3-7-20(27)8-4-17/h3-10,15H,1-2,11-14,16,27H2,(H,28,30). The van der Waals surface area contributed by atoms with E-state index in [2.05, 4.69) is 14.4 Å². The van der Waals surface area contributed by atoms with Gasteiger partial charge in [-0.2, -0.15) is 21.6 Å². The van der Waals surface area contributed by atoms with Gasteiger partial charge < -0.3 is 15.2 Å². The fraction of sp³-hybridized carbons (Fsp3) is 0.348. The molecule has 0 fully saturated rings. The average Bonchev–Trinajstić information content (AvgIpc) is 2.77. The van der Waals surface area contributed by atoms with Crippen LogP contribution in [0.25, 0.3) is 6.08 Å². The summed E-state index contributed by atoms with van der Waals surface area (Å²) >= 11 is 0. The highest BCUT2D eigenvalue weighted by Gasteiger charge is 2.48. The Hall–Kier alpha value is -3.05. The van der Waals surface area contributed by atoms with Crippen LogP contribution in [0.5, 0.6) is 5.75 Å². The molecule has 0 radical (unpaired) electrons. The van der Waals surface area contributed by atoms with E-state index in [1.54, 1.807) is 24.3 Å². The summed E-state index contributed by atoms with van der Waals surface area (Å²) in [4.78, 5) is 14.1. The molecule has 3 N–H and O–H groups in total. The number of nitrogen functional groups attached to an aromatic ring is 1. The molecule has 0 saturated heterocycles. The lowest BCUT2D eigenvalue weighted by molar-refractivity contribution is -0.116. The first-order valence-corrected chi connectivity index (χ1v) is 12.1. The first-order chi connectivity index (χ1) is 16.0. The molecular formula is C23H26F3N3O4S. The van der Waals surface area contributed by atoms with Crippen LogP contribution in [0, 0.1) is 0 Å². The number of unbranched alkanes of at least 4 members (excludes halogenated alkanes) is 1. The van der Waals surface area contributed by atoms with Gasteiger partial charge in [-0.05, 0) is 72.8 Å². The molecule has 0 bridgehead atoms. The molecule has 1 amide bonds. The van der Waals surface area contributed by atoms with Crippen LogP contribution < -0.4 is 15.2 Å². The van der Waals surface area contributed by atoms with Crippen molar-refractivity contribution in [2.24, 2.45) is 0 Å². The lowest BCUT2D eigenvalue weighted by Crippen LogP contribution is -2.32. The minimum absolute atomic E-state index is 0.190. The van der Waals surface area contributed by atoms with Crippen molar-refractivity contribution in [3.05, 3.63) is 65.2 Å². The number of nitrogens with two attached hydrogens (primary N) is 1. The molecule has 7 nitrogen and oxygen atoms in total. The molecule has 1 aliphatic heterocycles. The van der Waals surface area contributed by atoms with E-state index >= 15 is 0 Å². The van der Waals surface area contributed by atoms with Crippen LogP contribution >= 0.6 is 0 Å². The molecule has 0 aromatic heterocycles. The number of anilines is 1. The molecule has 11 heteroatoms. The molecule has 184 valence electrons. The number of nitrogens with one attached hydrogen (secondary N) is 1. The molecular weight excluding hydrogens is 471 g/mol. The molecule has 0 atom stereocenters. The number of rotatable bonds is 9. The number of nitrogens with zero attached hydrogens (tertiary/aromatic N) is 1. The Morgan fingerprint density at radius 2 is 1.85 bits per heavy atom. The summed E-state index contributed by atoms with van der Waals surface area (Å²) in [6.07, 6.45) is 5.45. The number of amides is 1. The largest absolute Gasteiger partial charge is 0.534 e. The number of alkyl halides is 3. The van der Waals surface area contributed by atoms with E-state index in [9.17, 15) is 26.4 Å². The summed E-state index contributed by atoms with van der Waals surface area (Å²) in [6.45, 7) is 2.52. The maximum absolute atomic E-state index is 12.6. The number of hydrogen-bond acceptors (Lipinski definition) is 6. The van der Waals surface area contributed by atoms with E-state index in [-0.39, 0.29) is 11.7 Å². The Balaban J connectivity index is 1.41. The van der Waals surface area contributed by atoms with Gasteiger partial charge in [-0.15, -0.1) is 0 Å². The van der Waals surface area contributed by atoms with Gasteiger partial charge in [0.25, 0.3) is 0 Å². The van der Waals surface area contributed by atoms with E-state index in [1.165, 1.54) is 18.2 Å². The zero-order valence-corrected chi connectivity index (χ0v) is 19.2. The van der Waals surface area contributed by atoms with Gasteiger partial charge >= 0.3 is 15.6 Å². The van der Waals surface area contributed by atoms with Crippen LogP contribution in [0.4, 0.5) is 18.9 Å². The van der Waals surface area contributed by atoms with Gasteiger partial charge in [-0.1, -0.05) is 18.2 Å².